The average molecular weight is 561 g/mol. The molecule has 13 heteroatoms. The van der Waals surface area contributed by atoms with Gasteiger partial charge in [0.2, 0.25) is 9.84 Å². The Morgan fingerprint density at radius 3 is 2.21 bits per heavy atom. The zero-order valence-corrected chi connectivity index (χ0v) is 23.0. The number of imidazole rings is 1. The number of methoxy groups -OCH3 is 2. The molecule has 4 rings (SSSR count). The number of fused-ring (bicyclic) bond motifs is 1. The van der Waals surface area contributed by atoms with Crippen LogP contribution < -0.4 is 14.2 Å². The lowest BCUT2D eigenvalue weighted by molar-refractivity contribution is 0.306. The zero-order valence-electron chi connectivity index (χ0n) is 21.4. The first-order chi connectivity index (χ1) is 18.0. The van der Waals surface area contributed by atoms with Gasteiger partial charge in [-0.15, -0.1) is 0 Å². The van der Waals surface area contributed by atoms with E-state index in [1.165, 1.54) is 26.7 Å². The molecule has 0 saturated heterocycles. The van der Waals surface area contributed by atoms with Crippen LogP contribution in [0.25, 0.3) is 11.0 Å². The van der Waals surface area contributed by atoms with Gasteiger partial charge < -0.3 is 18.8 Å². The topological polar surface area (TPSA) is 140 Å². The molecular weight excluding hydrogens is 532 g/mol. The fraction of sp³-hybridized carbons (Fsp3) is 0.320. The van der Waals surface area contributed by atoms with Crippen LogP contribution in [0.3, 0.4) is 0 Å². The smallest absolute Gasteiger partial charge is 0.202 e. The van der Waals surface area contributed by atoms with Crippen LogP contribution in [-0.4, -0.2) is 69.2 Å². The lowest BCUT2D eigenvalue weighted by atomic mass is 10.1. The molecule has 2 aromatic heterocycles. The second kappa shape index (κ2) is 11.0. The highest BCUT2D eigenvalue weighted by Gasteiger charge is 2.24. The Labute approximate surface area is 221 Å². The van der Waals surface area contributed by atoms with Crippen LogP contribution in [0, 0.1) is 0 Å². The third kappa shape index (κ3) is 6.40. The minimum atomic E-state index is -3.82. The van der Waals surface area contributed by atoms with E-state index in [1.54, 1.807) is 41.9 Å². The van der Waals surface area contributed by atoms with Gasteiger partial charge in [-0.3, -0.25) is 0 Å². The second-order valence-electron chi connectivity index (χ2n) is 8.72. The van der Waals surface area contributed by atoms with E-state index >= 15 is 0 Å². The quantitative estimate of drug-likeness (QED) is 0.269. The molecule has 0 saturated carbocycles. The Kier molecular flexibility index (Phi) is 7.88. The van der Waals surface area contributed by atoms with Gasteiger partial charge in [0.05, 0.1) is 48.7 Å². The summed E-state index contributed by atoms with van der Waals surface area (Å²) in [5.74, 6) is 0.520. The van der Waals surface area contributed by atoms with E-state index < -0.39 is 25.4 Å². The Morgan fingerprint density at radius 1 is 0.947 bits per heavy atom. The van der Waals surface area contributed by atoms with Crippen LogP contribution in [0.15, 0.2) is 53.9 Å². The number of para-hydroxylation sites is 2. The summed E-state index contributed by atoms with van der Waals surface area (Å²) >= 11 is 0. The number of aryl methyl sites for hydroxylation is 1. The maximum Gasteiger partial charge on any atom is 0.202 e. The minimum absolute atomic E-state index is 0.0613. The summed E-state index contributed by atoms with van der Waals surface area (Å²) in [6.07, 6.45) is 4.10. The minimum Gasteiger partial charge on any atom is -0.497 e. The van der Waals surface area contributed by atoms with Gasteiger partial charge in [0.1, 0.15) is 18.1 Å². The van der Waals surface area contributed by atoms with Crippen molar-refractivity contribution in [1.29, 1.82) is 0 Å². The number of aromatic nitrogens is 4. The molecule has 202 valence electrons. The molecule has 0 radical (unpaired) electrons. The third-order valence-electron chi connectivity index (χ3n) is 5.67. The third-order valence-corrected chi connectivity index (χ3v) is 8.08. The van der Waals surface area contributed by atoms with Crippen LogP contribution in [-0.2, 0) is 38.9 Å². The largest absolute Gasteiger partial charge is 0.497 e. The zero-order chi connectivity index (χ0) is 27.5. The summed E-state index contributed by atoms with van der Waals surface area (Å²) in [6.45, 7) is -0.0984. The molecule has 0 amide bonds. The van der Waals surface area contributed by atoms with Crippen LogP contribution in [0.5, 0.6) is 17.2 Å². The Hall–Kier alpha value is -3.71. The van der Waals surface area contributed by atoms with E-state index in [1.807, 2.05) is 6.07 Å². The summed E-state index contributed by atoms with van der Waals surface area (Å²) in [6, 6.07) is 10.5. The van der Waals surface area contributed by atoms with Gasteiger partial charge in [-0.05, 0) is 18.2 Å². The van der Waals surface area contributed by atoms with Crippen molar-refractivity contribution in [2.45, 2.75) is 17.2 Å². The maximum atomic E-state index is 13.2. The molecule has 0 aliphatic heterocycles. The normalized spacial score (nSPS) is 12.0. The molecular formula is C25H28N4O7S2. The summed E-state index contributed by atoms with van der Waals surface area (Å²) < 4.78 is 68.0. The Morgan fingerprint density at radius 2 is 1.63 bits per heavy atom. The van der Waals surface area contributed by atoms with Gasteiger partial charge in [-0.1, -0.05) is 12.1 Å². The molecule has 11 nitrogen and oxygen atoms in total. The van der Waals surface area contributed by atoms with Crippen LogP contribution >= 0.6 is 0 Å². The van der Waals surface area contributed by atoms with Crippen molar-refractivity contribution in [3.8, 4) is 17.2 Å². The molecule has 4 aromatic rings. The number of nitrogens with zero attached hydrogens (tertiary/aromatic N) is 4. The number of hydrogen-bond donors (Lipinski definition) is 0. The maximum absolute atomic E-state index is 13.2. The first-order valence-corrected chi connectivity index (χ1v) is 15.2. The van der Waals surface area contributed by atoms with Gasteiger partial charge in [-0.2, -0.15) is 0 Å². The second-order valence-corrected chi connectivity index (χ2v) is 12.9. The summed E-state index contributed by atoms with van der Waals surface area (Å²) in [5, 5.41) is -0.0613. The summed E-state index contributed by atoms with van der Waals surface area (Å²) in [7, 11) is -2.43. The van der Waals surface area contributed by atoms with E-state index in [0.717, 1.165) is 6.26 Å². The first-order valence-electron chi connectivity index (χ1n) is 11.5. The predicted octanol–water partition coefficient (Wildman–Crippen LogP) is 2.37. The number of hydrogen-bond acceptors (Lipinski definition) is 10. The molecule has 0 N–H and O–H groups in total. The van der Waals surface area contributed by atoms with E-state index in [2.05, 4.69) is 9.97 Å². The monoisotopic (exact) mass is 560 g/mol. The molecule has 2 heterocycles. The van der Waals surface area contributed by atoms with Crippen LogP contribution in [0.2, 0.25) is 0 Å². The van der Waals surface area contributed by atoms with Crippen molar-refractivity contribution in [2.24, 2.45) is 7.05 Å². The van der Waals surface area contributed by atoms with Gasteiger partial charge in [-0.25, -0.2) is 31.8 Å². The highest BCUT2D eigenvalue weighted by atomic mass is 32.2. The van der Waals surface area contributed by atoms with Gasteiger partial charge in [0.25, 0.3) is 0 Å². The van der Waals surface area contributed by atoms with Crippen molar-refractivity contribution in [1.82, 2.24) is 19.5 Å². The SMILES string of the molecule is COc1cc(Cc2nc3ccccc3nc2CS(=O)(=O)c2cn(C)cn2)c(OCCS(C)(=O)=O)c(OC)c1. The Balaban J connectivity index is 1.80. The fourth-order valence-corrected chi connectivity index (χ4v) is 5.47. The van der Waals surface area contributed by atoms with E-state index in [0.29, 0.717) is 39.5 Å². The molecule has 0 bridgehead atoms. The average Bonchev–Trinajstić information content (AvgIpc) is 3.31. The van der Waals surface area contributed by atoms with Gasteiger partial charge >= 0.3 is 0 Å². The highest BCUT2D eigenvalue weighted by Crippen LogP contribution is 2.37. The summed E-state index contributed by atoms with van der Waals surface area (Å²) in [5.41, 5.74) is 2.38. The molecule has 38 heavy (non-hydrogen) atoms. The number of benzene rings is 2. The van der Waals surface area contributed by atoms with Crippen LogP contribution in [0.1, 0.15) is 17.0 Å². The number of rotatable bonds is 11. The molecule has 0 atom stereocenters. The van der Waals surface area contributed by atoms with Crippen molar-refractivity contribution in [2.75, 3.05) is 32.8 Å². The van der Waals surface area contributed by atoms with E-state index in [-0.39, 0.29) is 29.5 Å². The molecule has 0 fully saturated rings. The lowest BCUT2D eigenvalue weighted by Gasteiger charge is -2.17. The lowest BCUT2D eigenvalue weighted by Crippen LogP contribution is -2.14. The summed E-state index contributed by atoms with van der Waals surface area (Å²) in [4.78, 5) is 13.4. The van der Waals surface area contributed by atoms with Crippen LogP contribution in [0.4, 0.5) is 0 Å². The van der Waals surface area contributed by atoms with Crippen molar-refractivity contribution in [3.05, 3.63) is 65.9 Å². The van der Waals surface area contributed by atoms with Crippen molar-refractivity contribution >= 4 is 30.7 Å². The number of sulfone groups is 2. The fourth-order valence-electron chi connectivity index (χ4n) is 3.81. The van der Waals surface area contributed by atoms with Crippen molar-refractivity contribution < 1.29 is 31.0 Å². The first kappa shape index (κ1) is 27.3. The van der Waals surface area contributed by atoms with E-state index in [4.69, 9.17) is 19.2 Å². The highest BCUT2D eigenvalue weighted by molar-refractivity contribution is 7.90. The molecule has 0 unspecified atom stereocenters. The standard InChI is InChI=1S/C25H28N4O7S2/c1-29-14-24(26-16-29)38(32,33)15-22-21(27-19-7-5-6-8-20(19)28-22)12-17-11-18(34-2)13-23(35-3)25(17)36-9-10-37(4,30)31/h5-8,11,13-14,16H,9-10,12,15H2,1-4H3. The molecule has 0 aliphatic rings. The molecule has 2 aromatic carbocycles. The van der Waals surface area contributed by atoms with Gasteiger partial charge in [0.15, 0.2) is 26.4 Å². The van der Waals surface area contributed by atoms with Crippen molar-refractivity contribution in [3.63, 3.8) is 0 Å². The molecule has 0 aliphatic carbocycles. The Bertz CT molecular complexity index is 1680. The van der Waals surface area contributed by atoms with E-state index in [9.17, 15) is 16.8 Å². The molecule has 0 spiro atoms. The van der Waals surface area contributed by atoms with Gasteiger partial charge in [0, 0.05) is 37.6 Å². The predicted molar refractivity (Wildman–Crippen MR) is 141 cm³/mol. The number of ether oxygens (including phenoxy) is 3.